The molecule has 0 aromatic heterocycles. The number of ether oxygens (including phenoxy) is 1. The van der Waals surface area contributed by atoms with Gasteiger partial charge >= 0.3 is 20.4 Å². The summed E-state index contributed by atoms with van der Waals surface area (Å²) in [5, 5.41) is 14.8. The van der Waals surface area contributed by atoms with E-state index in [1.54, 1.807) is 0 Å². The molecule has 0 spiro atoms. The molecule has 1 aliphatic heterocycles. The Morgan fingerprint density at radius 3 is 1.80 bits per heavy atom. The molecular formula is C17H21FeNO5Pd. The zero-order valence-corrected chi connectivity index (χ0v) is 16.5. The Balaban J connectivity index is -0.000000279. The number of rotatable bonds is 1. The van der Waals surface area contributed by atoms with Gasteiger partial charge in [-0.1, -0.05) is 5.56 Å². The summed E-state index contributed by atoms with van der Waals surface area (Å²) in [6.45, 7) is 3.71. The van der Waals surface area contributed by atoms with Crippen molar-refractivity contribution in [1.29, 1.82) is 0 Å². The van der Waals surface area contributed by atoms with Gasteiger partial charge in [0.05, 0.1) is 6.54 Å². The smallest absolute Gasteiger partial charge is 0.485 e. The van der Waals surface area contributed by atoms with Gasteiger partial charge in [0.2, 0.25) is 0 Å². The average molecular weight is 482 g/mol. The third-order valence-electron chi connectivity index (χ3n) is 2.05. The SMILES string of the molecule is CC(=O)O.CC(=O)O.[Fe].[Pd+2].c1cc[c-](C2=NCCO2)c1.c1cc[cH-]c1. The first-order valence-electron chi connectivity index (χ1n) is 6.88. The van der Waals surface area contributed by atoms with E-state index in [1.165, 1.54) is 0 Å². The van der Waals surface area contributed by atoms with Crippen LogP contribution in [0.3, 0.4) is 0 Å². The molecule has 1 heterocycles. The maximum Gasteiger partial charge on any atom is 2.00 e. The Morgan fingerprint density at radius 1 is 1.08 bits per heavy atom. The van der Waals surface area contributed by atoms with Gasteiger partial charge in [-0.25, -0.2) is 24.3 Å². The van der Waals surface area contributed by atoms with E-state index in [2.05, 4.69) is 4.99 Å². The molecule has 6 nitrogen and oxygen atoms in total. The summed E-state index contributed by atoms with van der Waals surface area (Å²) in [5.41, 5.74) is 1.09. The van der Waals surface area contributed by atoms with E-state index in [0.29, 0.717) is 0 Å². The fraction of sp³-hybridized carbons (Fsp3) is 0.235. The van der Waals surface area contributed by atoms with Crippen molar-refractivity contribution in [3.8, 4) is 0 Å². The van der Waals surface area contributed by atoms with Gasteiger partial charge in [0, 0.05) is 30.9 Å². The molecule has 0 saturated carbocycles. The average Bonchev–Trinajstić information content (AvgIpc) is 3.23. The number of nitrogens with zero attached hydrogens (tertiary/aromatic N) is 1. The van der Waals surface area contributed by atoms with Crippen LogP contribution in [0, 0.1) is 0 Å². The maximum absolute atomic E-state index is 9.00. The Labute approximate surface area is 171 Å². The minimum Gasteiger partial charge on any atom is -0.485 e. The van der Waals surface area contributed by atoms with Crippen LogP contribution in [0.1, 0.15) is 19.4 Å². The van der Waals surface area contributed by atoms with E-state index in [-0.39, 0.29) is 37.5 Å². The van der Waals surface area contributed by atoms with Crippen LogP contribution in [0.5, 0.6) is 0 Å². The zero-order chi connectivity index (χ0) is 17.5. The van der Waals surface area contributed by atoms with Gasteiger partial charge in [0.25, 0.3) is 11.9 Å². The molecular weight excluding hydrogens is 460 g/mol. The standard InChI is InChI=1S/C8H8NO.C5H5.2C2H4O2.Fe.Pd/c1-2-4-7(3-1)8-9-5-6-10-8;1-2-4-5-3-1;2*1-2(3)4;;/h1-4H,5-6H2;1-5H;2*1H3,(H,3,4);;/q2*-1;;;;+2. The van der Waals surface area contributed by atoms with Crippen LogP contribution >= 0.6 is 0 Å². The van der Waals surface area contributed by atoms with Crippen molar-refractivity contribution >= 4 is 17.8 Å². The first-order chi connectivity index (χ1) is 10.9. The second kappa shape index (κ2) is 18.6. The summed E-state index contributed by atoms with van der Waals surface area (Å²) in [6, 6.07) is 18.0. The second-order valence-electron chi connectivity index (χ2n) is 4.21. The predicted molar refractivity (Wildman–Crippen MR) is 88.0 cm³/mol. The molecule has 8 heteroatoms. The fourth-order valence-electron chi connectivity index (χ4n) is 1.35. The largest absolute Gasteiger partial charge is 2.00 e. The third-order valence-corrected chi connectivity index (χ3v) is 2.05. The normalized spacial score (nSPS) is 10.2. The molecule has 0 saturated heterocycles. The van der Waals surface area contributed by atoms with Gasteiger partial charge in [-0.05, 0) is 0 Å². The molecule has 25 heavy (non-hydrogen) atoms. The Kier molecular flexibility index (Phi) is 20.9. The molecule has 0 radical (unpaired) electrons. The van der Waals surface area contributed by atoms with Crippen molar-refractivity contribution in [2.24, 2.45) is 4.99 Å². The van der Waals surface area contributed by atoms with Crippen LogP contribution < -0.4 is 0 Å². The Hall–Kier alpha value is -1.71. The summed E-state index contributed by atoms with van der Waals surface area (Å²) < 4.78 is 5.25. The minimum absolute atomic E-state index is 0. The van der Waals surface area contributed by atoms with Crippen LogP contribution in [0.4, 0.5) is 0 Å². The van der Waals surface area contributed by atoms with Crippen molar-refractivity contribution in [1.82, 2.24) is 0 Å². The van der Waals surface area contributed by atoms with Crippen molar-refractivity contribution in [3.63, 3.8) is 0 Å². The van der Waals surface area contributed by atoms with Gasteiger partial charge in [0.1, 0.15) is 6.61 Å². The van der Waals surface area contributed by atoms with Crippen LogP contribution in [0.15, 0.2) is 59.6 Å². The van der Waals surface area contributed by atoms with Gasteiger partial charge in [0.15, 0.2) is 5.90 Å². The minimum atomic E-state index is -0.833. The number of carboxylic acid groups (broad SMARTS) is 2. The summed E-state index contributed by atoms with van der Waals surface area (Å²) in [5.74, 6) is -0.870. The molecule has 0 fully saturated rings. The van der Waals surface area contributed by atoms with Crippen molar-refractivity contribution < 1.29 is 62.0 Å². The van der Waals surface area contributed by atoms with Crippen LogP contribution in [0.25, 0.3) is 0 Å². The van der Waals surface area contributed by atoms with Crippen LogP contribution in [-0.4, -0.2) is 41.2 Å². The van der Waals surface area contributed by atoms with E-state index in [9.17, 15) is 0 Å². The van der Waals surface area contributed by atoms with Crippen molar-refractivity contribution in [2.45, 2.75) is 13.8 Å². The zero-order valence-electron chi connectivity index (χ0n) is 13.8. The molecule has 2 aromatic carbocycles. The molecule has 3 rings (SSSR count). The summed E-state index contributed by atoms with van der Waals surface area (Å²) in [4.78, 5) is 22.2. The molecule has 1 aliphatic rings. The third kappa shape index (κ3) is 20.2. The van der Waals surface area contributed by atoms with E-state index in [0.717, 1.165) is 38.5 Å². The first-order valence-corrected chi connectivity index (χ1v) is 6.88. The van der Waals surface area contributed by atoms with Crippen molar-refractivity contribution in [3.05, 3.63) is 60.2 Å². The number of carbonyl (C=O) groups is 2. The van der Waals surface area contributed by atoms with E-state index in [4.69, 9.17) is 24.5 Å². The van der Waals surface area contributed by atoms with Gasteiger partial charge in [-0.15, -0.1) is 0 Å². The molecule has 0 unspecified atom stereocenters. The molecule has 142 valence electrons. The van der Waals surface area contributed by atoms with E-state index < -0.39 is 11.9 Å². The summed E-state index contributed by atoms with van der Waals surface area (Å²) >= 11 is 0. The number of carboxylic acids is 2. The first kappa shape index (κ1) is 28.1. The molecule has 2 N–H and O–H groups in total. The van der Waals surface area contributed by atoms with Crippen molar-refractivity contribution in [2.75, 3.05) is 13.2 Å². The molecule has 0 atom stereocenters. The second-order valence-corrected chi connectivity index (χ2v) is 4.21. The summed E-state index contributed by atoms with van der Waals surface area (Å²) in [7, 11) is 0. The molecule has 0 bridgehead atoms. The Bertz CT molecular complexity index is 531. The molecule has 0 amide bonds. The van der Waals surface area contributed by atoms with E-state index in [1.807, 2.05) is 54.6 Å². The van der Waals surface area contributed by atoms with Gasteiger partial charge < -0.3 is 14.9 Å². The van der Waals surface area contributed by atoms with Crippen LogP contribution in [-0.2, 0) is 51.8 Å². The molecule has 2 aromatic rings. The number of hydrogen-bond donors (Lipinski definition) is 2. The Morgan fingerprint density at radius 2 is 1.52 bits per heavy atom. The predicted octanol–water partition coefficient (Wildman–Crippen LogP) is 2.76. The molecule has 0 aliphatic carbocycles. The quantitative estimate of drug-likeness (QED) is 0.482. The van der Waals surface area contributed by atoms with Gasteiger partial charge in [-0.2, -0.15) is 30.3 Å². The monoisotopic (exact) mass is 481 g/mol. The fourth-order valence-corrected chi connectivity index (χ4v) is 1.35. The number of aliphatic imine (C=N–C) groups is 1. The summed E-state index contributed by atoms with van der Waals surface area (Å²) in [6.07, 6.45) is 0. The van der Waals surface area contributed by atoms with Crippen LogP contribution in [0.2, 0.25) is 0 Å². The van der Waals surface area contributed by atoms with E-state index >= 15 is 0 Å². The number of aliphatic carboxylic acids is 2. The number of hydrogen-bond acceptors (Lipinski definition) is 4. The van der Waals surface area contributed by atoms with Gasteiger partial charge in [-0.3, -0.25) is 14.6 Å². The topological polar surface area (TPSA) is 96.2 Å². The maximum atomic E-state index is 9.00.